The van der Waals surface area contributed by atoms with Gasteiger partial charge < -0.3 is 19.5 Å². The van der Waals surface area contributed by atoms with Crippen LogP contribution in [0, 0.1) is 5.92 Å². The summed E-state index contributed by atoms with van der Waals surface area (Å²) in [5, 5.41) is 3.57. The van der Waals surface area contributed by atoms with E-state index in [-0.39, 0.29) is 0 Å². The molecule has 0 spiro atoms. The third kappa shape index (κ3) is 3.01. The van der Waals surface area contributed by atoms with Crippen LogP contribution >= 0.6 is 0 Å². The molecule has 1 N–H and O–H groups in total. The highest BCUT2D eigenvalue weighted by Gasteiger charge is 2.21. The Bertz CT molecular complexity index is 429. The molecule has 0 saturated carbocycles. The van der Waals surface area contributed by atoms with Crippen molar-refractivity contribution in [3.63, 3.8) is 0 Å². The zero-order valence-electron chi connectivity index (χ0n) is 11.4. The smallest absolute Gasteiger partial charge is 0.161 e. The minimum atomic E-state index is 0.482. The molecule has 0 aliphatic carbocycles. The molecule has 0 amide bonds. The van der Waals surface area contributed by atoms with Crippen LogP contribution < -0.4 is 14.8 Å². The minimum absolute atomic E-state index is 0.482. The van der Waals surface area contributed by atoms with E-state index in [1.165, 1.54) is 5.56 Å². The summed E-state index contributed by atoms with van der Waals surface area (Å²) in [4.78, 5) is 0. The average Bonchev–Trinajstić information content (AvgIpc) is 2.99. The third-order valence-electron chi connectivity index (χ3n) is 3.91. The second-order valence-corrected chi connectivity index (χ2v) is 5.27. The summed E-state index contributed by atoms with van der Waals surface area (Å²) in [5.41, 5.74) is 1.23. The summed E-state index contributed by atoms with van der Waals surface area (Å²) in [5.74, 6) is 2.35. The summed E-state index contributed by atoms with van der Waals surface area (Å²) < 4.78 is 16.5. The average molecular weight is 263 g/mol. The molecule has 104 valence electrons. The first-order valence-corrected chi connectivity index (χ1v) is 7.02. The standard InChI is InChI=1S/C15H21NO3/c1-11(13-4-5-17-10-13)16-9-12-2-3-14-15(8-12)19-7-6-18-14/h2-3,8,11,13,16H,4-7,9-10H2,1H3. The number of rotatable bonds is 4. The molecule has 2 aliphatic heterocycles. The first-order chi connectivity index (χ1) is 9.33. The van der Waals surface area contributed by atoms with Crippen LogP contribution in [-0.4, -0.2) is 32.5 Å². The van der Waals surface area contributed by atoms with Gasteiger partial charge in [-0.3, -0.25) is 0 Å². The number of nitrogens with one attached hydrogen (secondary N) is 1. The molecule has 1 aromatic rings. The number of benzene rings is 1. The predicted molar refractivity (Wildman–Crippen MR) is 72.7 cm³/mol. The highest BCUT2D eigenvalue weighted by molar-refractivity contribution is 5.43. The molecule has 1 fully saturated rings. The van der Waals surface area contributed by atoms with Crippen molar-refractivity contribution in [1.29, 1.82) is 0 Å². The van der Waals surface area contributed by atoms with Crippen LogP contribution in [0.25, 0.3) is 0 Å². The fraction of sp³-hybridized carbons (Fsp3) is 0.600. The zero-order valence-corrected chi connectivity index (χ0v) is 11.4. The van der Waals surface area contributed by atoms with E-state index in [1.807, 2.05) is 6.07 Å². The van der Waals surface area contributed by atoms with Crippen molar-refractivity contribution in [2.75, 3.05) is 26.4 Å². The molecule has 1 saturated heterocycles. The van der Waals surface area contributed by atoms with E-state index in [2.05, 4.69) is 24.4 Å². The first kappa shape index (κ1) is 12.8. The van der Waals surface area contributed by atoms with Crippen LogP contribution in [-0.2, 0) is 11.3 Å². The Morgan fingerprint density at radius 1 is 1.21 bits per heavy atom. The van der Waals surface area contributed by atoms with Crippen LogP contribution in [0.1, 0.15) is 18.9 Å². The molecule has 0 radical (unpaired) electrons. The van der Waals surface area contributed by atoms with Crippen LogP contribution in [0.4, 0.5) is 0 Å². The zero-order chi connectivity index (χ0) is 13.1. The molecule has 2 unspecified atom stereocenters. The van der Waals surface area contributed by atoms with Crippen molar-refractivity contribution >= 4 is 0 Å². The lowest BCUT2D eigenvalue weighted by atomic mass is 10.0. The van der Waals surface area contributed by atoms with Gasteiger partial charge in [0.2, 0.25) is 0 Å². The minimum Gasteiger partial charge on any atom is -0.486 e. The van der Waals surface area contributed by atoms with Crippen molar-refractivity contribution < 1.29 is 14.2 Å². The normalized spacial score (nSPS) is 23.3. The van der Waals surface area contributed by atoms with Gasteiger partial charge in [-0.2, -0.15) is 0 Å². The number of ether oxygens (including phenoxy) is 3. The SMILES string of the molecule is CC(NCc1ccc2c(c1)OCCO2)C1CCOC1. The molecule has 0 bridgehead atoms. The molecule has 4 nitrogen and oxygen atoms in total. The molecule has 0 aromatic heterocycles. The van der Waals surface area contributed by atoms with Gasteiger partial charge in [0.25, 0.3) is 0 Å². The fourth-order valence-electron chi connectivity index (χ4n) is 2.59. The summed E-state index contributed by atoms with van der Waals surface area (Å²) in [6, 6.07) is 6.64. The van der Waals surface area contributed by atoms with E-state index in [0.29, 0.717) is 25.2 Å². The quantitative estimate of drug-likeness (QED) is 0.901. The lowest BCUT2D eigenvalue weighted by Gasteiger charge is -2.21. The Labute approximate surface area is 114 Å². The van der Waals surface area contributed by atoms with E-state index in [0.717, 1.165) is 37.7 Å². The van der Waals surface area contributed by atoms with Gasteiger partial charge in [-0.15, -0.1) is 0 Å². The van der Waals surface area contributed by atoms with Crippen molar-refractivity contribution in [3.05, 3.63) is 23.8 Å². The lowest BCUT2D eigenvalue weighted by Crippen LogP contribution is -2.33. The Morgan fingerprint density at radius 2 is 2.05 bits per heavy atom. The number of hydrogen-bond donors (Lipinski definition) is 1. The lowest BCUT2D eigenvalue weighted by molar-refractivity contribution is 0.171. The molecule has 4 heteroatoms. The number of hydrogen-bond acceptors (Lipinski definition) is 4. The van der Waals surface area contributed by atoms with E-state index in [1.54, 1.807) is 0 Å². The van der Waals surface area contributed by atoms with Crippen LogP contribution in [0.15, 0.2) is 18.2 Å². The molecule has 2 heterocycles. The maximum Gasteiger partial charge on any atom is 0.161 e. The molecular formula is C15H21NO3. The second-order valence-electron chi connectivity index (χ2n) is 5.27. The highest BCUT2D eigenvalue weighted by Crippen LogP contribution is 2.30. The van der Waals surface area contributed by atoms with E-state index in [9.17, 15) is 0 Å². The Morgan fingerprint density at radius 3 is 2.84 bits per heavy atom. The van der Waals surface area contributed by atoms with Crippen LogP contribution in [0.2, 0.25) is 0 Å². The van der Waals surface area contributed by atoms with Crippen molar-refractivity contribution in [3.8, 4) is 11.5 Å². The Hall–Kier alpha value is -1.26. The van der Waals surface area contributed by atoms with E-state index < -0.39 is 0 Å². The van der Waals surface area contributed by atoms with Gasteiger partial charge in [-0.05, 0) is 37.0 Å². The van der Waals surface area contributed by atoms with Gasteiger partial charge >= 0.3 is 0 Å². The predicted octanol–water partition coefficient (Wildman–Crippen LogP) is 1.97. The van der Waals surface area contributed by atoms with Crippen molar-refractivity contribution in [2.24, 2.45) is 5.92 Å². The monoisotopic (exact) mass is 263 g/mol. The van der Waals surface area contributed by atoms with Gasteiger partial charge in [0.15, 0.2) is 11.5 Å². The fourth-order valence-corrected chi connectivity index (χ4v) is 2.59. The molecule has 2 aliphatic rings. The van der Waals surface area contributed by atoms with Crippen LogP contribution in [0.5, 0.6) is 11.5 Å². The topological polar surface area (TPSA) is 39.7 Å². The molecule has 19 heavy (non-hydrogen) atoms. The first-order valence-electron chi connectivity index (χ1n) is 7.02. The summed E-state index contributed by atoms with van der Waals surface area (Å²) in [7, 11) is 0. The van der Waals surface area contributed by atoms with Crippen LogP contribution in [0.3, 0.4) is 0 Å². The van der Waals surface area contributed by atoms with Crippen molar-refractivity contribution in [1.82, 2.24) is 5.32 Å². The van der Waals surface area contributed by atoms with E-state index in [4.69, 9.17) is 14.2 Å². The largest absolute Gasteiger partial charge is 0.486 e. The third-order valence-corrected chi connectivity index (χ3v) is 3.91. The van der Waals surface area contributed by atoms with Crippen molar-refractivity contribution in [2.45, 2.75) is 25.9 Å². The van der Waals surface area contributed by atoms with E-state index >= 15 is 0 Å². The molecule has 2 atom stereocenters. The maximum absolute atomic E-state index is 5.60. The highest BCUT2D eigenvalue weighted by atomic mass is 16.6. The Kier molecular flexibility index (Phi) is 3.89. The van der Waals surface area contributed by atoms with Gasteiger partial charge in [0, 0.05) is 19.2 Å². The summed E-state index contributed by atoms with van der Waals surface area (Å²) in [6.07, 6.45) is 1.16. The summed E-state index contributed by atoms with van der Waals surface area (Å²) in [6.45, 7) is 6.16. The van der Waals surface area contributed by atoms with Gasteiger partial charge in [0.05, 0.1) is 6.61 Å². The molecular weight excluding hydrogens is 242 g/mol. The Balaban J connectivity index is 1.57. The maximum atomic E-state index is 5.60. The number of fused-ring (bicyclic) bond motifs is 1. The summed E-state index contributed by atoms with van der Waals surface area (Å²) >= 11 is 0. The second kappa shape index (κ2) is 5.80. The van der Waals surface area contributed by atoms with Gasteiger partial charge in [-0.25, -0.2) is 0 Å². The van der Waals surface area contributed by atoms with Gasteiger partial charge in [-0.1, -0.05) is 6.07 Å². The molecule has 1 aromatic carbocycles. The van der Waals surface area contributed by atoms with Gasteiger partial charge in [0.1, 0.15) is 13.2 Å². The molecule has 3 rings (SSSR count).